The fourth-order valence-electron chi connectivity index (χ4n) is 2.79. The lowest BCUT2D eigenvalue weighted by Gasteiger charge is -2.13. The van der Waals surface area contributed by atoms with E-state index in [0.717, 1.165) is 36.4 Å². The number of halogens is 1. The first-order valence-electron chi connectivity index (χ1n) is 8.74. The molecule has 5 nitrogen and oxygen atoms in total. The topological polar surface area (TPSA) is 59.6 Å². The van der Waals surface area contributed by atoms with Crippen LogP contribution in [-0.4, -0.2) is 31.8 Å². The number of carbonyl (C=O) groups is 1. The van der Waals surface area contributed by atoms with Crippen LogP contribution in [0.1, 0.15) is 18.4 Å². The highest BCUT2D eigenvalue weighted by Gasteiger charge is 2.16. The van der Waals surface area contributed by atoms with Crippen molar-refractivity contribution < 1.29 is 14.3 Å². The van der Waals surface area contributed by atoms with E-state index in [2.05, 4.69) is 10.6 Å². The van der Waals surface area contributed by atoms with Crippen molar-refractivity contribution in [2.24, 2.45) is 0 Å². The lowest BCUT2D eigenvalue weighted by Crippen LogP contribution is -2.22. The zero-order chi connectivity index (χ0) is 18.4. The average molecular weight is 375 g/mol. The summed E-state index contributed by atoms with van der Waals surface area (Å²) in [6.07, 6.45) is 2.28. The summed E-state index contributed by atoms with van der Waals surface area (Å²) < 4.78 is 11.3. The fourth-order valence-corrected chi connectivity index (χ4v) is 2.97. The van der Waals surface area contributed by atoms with Crippen molar-refractivity contribution in [3.8, 4) is 5.75 Å². The van der Waals surface area contributed by atoms with Gasteiger partial charge in [0.1, 0.15) is 12.4 Å². The van der Waals surface area contributed by atoms with Gasteiger partial charge in [-0.15, -0.1) is 0 Å². The fraction of sp³-hybridized carbons (Fsp3) is 0.350. The lowest BCUT2D eigenvalue weighted by molar-refractivity contribution is -0.114. The standard InChI is InChI=1S/C20H23ClN2O3/c1-14-7-8-15(21)10-19(14)22-12-20(24)23-16-4-2-5-17(11-16)26-13-18-6-3-9-25-18/h2,4-5,7-8,10-11,18,22H,3,6,9,12-13H2,1H3,(H,23,24). The molecule has 0 saturated carbocycles. The summed E-state index contributed by atoms with van der Waals surface area (Å²) in [4.78, 5) is 12.2. The molecular weight excluding hydrogens is 352 g/mol. The second kappa shape index (κ2) is 8.92. The Morgan fingerprint density at radius 1 is 1.31 bits per heavy atom. The third-order valence-electron chi connectivity index (χ3n) is 4.22. The Hall–Kier alpha value is -2.24. The van der Waals surface area contributed by atoms with Crippen molar-refractivity contribution in [1.29, 1.82) is 0 Å². The number of benzene rings is 2. The number of rotatable bonds is 7. The van der Waals surface area contributed by atoms with Crippen LogP contribution in [0.4, 0.5) is 11.4 Å². The largest absolute Gasteiger partial charge is 0.491 e. The van der Waals surface area contributed by atoms with E-state index < -0.39 is 0 Å². The Kier molecular flexibility index (Phi) is 6.36. The molecule has 2 N–H and O–H groups in total. The molecule has 1 aliphatic rings. The first kappa shape index (κ1) is 18.5. The van der Waals surface area contributed by atoms with Crippen LogP contribution in [-0.2, 0) is 9.53 Å². The van der Waals surface area contributed by atoms with Crippen LogP contribution >= 0.6 is 11.6 Å². The summed E-state index contributed by atoms with van der Waals surface area (Å²) in [6, 6.07) is 12.9. The summed E-state index contributed by atoms with van der Waals surface area (Å²) in [5, 5.41) is 6.61. The molecule has 1 atom stereocenters. The third-order valence-corrected chi connectivity index (χ3v) is 4.45. The SMILES string of the molecule is Cc1ccc(Cl)cc1NCC(=O)Nc1cccc(OCC2CCCO2)c1. The minimum atomic E-state index is -0.138. The normalized spacial score (nSPS) is 16.3. The molecule has 1 amide bonds. The Balaban J connectivity index is 1.50. The first-order chi connectivity index (χ1) is 12.6. The van der Waals surface area contributed by atoms with Crippen LogP contribution in [0.5, 0.6) is 5.75 Å². The number of hydrogen-bond donors (Lipinski definition) is 2. The van der Waals surface area contributed by atoms with Crippen molar-refractivity contribution in [1.82, 2.24) is 0 Å². The summed E-state index contributed by atoms with van der Waals surface area (Å²) in [5.74, 6) is 0.581. The molecule has 138 valence electrons. The van der Waals surface area contributed by atoms with Gasteiger partial charge in [0.15, 0.2) is 0 Å². The van der Waals surface area contributed by atoms with Gasteiger partial charge >= 0.3 is 0 Å². The number of hydrogen-bond acceptors (Lipinski definition) is 4. The molecule has 1 fully saturated rings. The highest BCUT2D eigenvalue weighted by molar-refractivity contribution is 6.30. The van der Waals surface area contributed by atoms with Crippen LogP contribution in [0.25, 0.3) is 0 Å². The Morgan fingerprint density at radius 3 is 3.00 bits per heavy atom. The van der Waals surface area contributed by atoms with Crippen LogP contribution in [0, 0.1) is 6.92 Å². The Morgan fingerprint density at radius 2 is 2.19 bits per heavy atom. The predicted molar refractivity (Wildman–Crippen MR) is 104 cm³/mol. The van der Waals surface area contributed by atoms with Crippen LogP contribution in [0.3, 0.4) is 0 Å². The first-order valence-corrected chi connectivity index (χ1v) is 9.12. The maximum absolute atomic E-state index is 12.2. The molecule has 1 aliphatic heterocycles. The van der Waals surface area contributed by atoms with E-state index in [9.17, 15) is 4.79 Å². The second-order valence-corrected chi connectivity index (χ2v) is 6.77. The van der Waals surface area contributed by atoms with Crippen molar-refractivity contribution in [2.45, 2.75) is 25.9 Å². The maximum Gasteiger partial charge on any atom is 0.243 e. The molecule has 6 heteroatoms. The molecule has 2 aromatic carbocycles. The quantitative estimate of drug-likeness (QED) is 0.760. The van der Waals surface area contributed by atoms with E-state index in [0.29, 0.717) is 17.3 Å². The van der Waals surface area contributed by atoms with Gasteiger partial charge in [0.2, 0.25) is 5.91 Å². The van der Waals surface area contributed by atoms with Crippen LogP contribution < -0.4 is 15.4 Å². The zero-order valence-corrected chi connectivity index (χ0v) is 15.5. The summed E-state index contributed by atoms with van der Waals surface area (Å²) >= 11 is 5.99. The van der Waals surface area contributed by atoms with E-state index >= 15 is 0 Å². The van der Waals surface area contributed by atoms with Crippen LogP contribution in [0.15, 0.2) is 42.5 Å². The molecule has 3 rings (SSSR count). The monoisotopic (exact) mass is 374 g/mol. The van der Waals surface area contributed by atoms with E-state index in [-0.39, 0.29) is 18.6 Å². The predicted octanol–water partition coefficient (Wildman–Crippen LogP) is 4.26. The van der Waals surface area contributed by atoms with Gasteiger partial charge in [-0.3, -0.25) is 4.79 Å². The summed E-state index contributed by atoms with van der Waals surface area (Å²) in [6.45, 7) is 3.46. The zero-order valence-electron chi connectivity index (χ0n) is 14.8. The van der Waals surface area contributed by atoms with Gasteiger partial charge in [0.25, 0.3) is 0 Å². The van der Waals surface area contributed by atoms with E-state index in [4.69, 9.17) is 21.1 Å². The van der Waals surface area contributed by atoms with E-state index in [1.165, 1.54) is 0 Å². The lowest BCUT2D eigenvalue weighted by atomic mass is 10.2. The molecule has 0 aromatic heterocycles. The number of carbonyl (C=O) groups excluding carboxylic acids is 1. The molecule has 0 aliphatic carbocycles. The molecule has 1 saturated heterocycles. The molecule has 0 bridgehead atoms. The highest BCUT2D eigenvalue weighted by Crippen LogP contribution is 2.21. The molecular formula is C20H23ClN2O3. The second-order valence-electron chi connectivity index (χ2n) is 6.33. The van der Waals surface area contributed by atoms with E-state index in [1.54, 1.807) is 0 Å². The minimum Gasteiger partial charge on any atom is -0.491 e. The molecule has 0 spiro atoms. The number of aryl methyl sites for hydroxylation is 1. The Bertz CT molecular complexity index is 760. The van der Waals surface area contributed by atoms with Crippen molar-refractivity contribution in [3.63, 3.8) is 0 Å². The highest BCUT2D eigenvalue weighted by atomic mass is 35.5. The molecule has 26 heavy (non-hydrogen) atoms. The number of nitrogens with one attached hydrogen (secondary N) is 2. The average Bonchev–Trinajstić information content (AvgIpc) is 3.15. The summed E-state index contributed by atoms with van der Waals surface area (Å²) in [7, 11) is 0. The van der Waals surface area contributed by atoms with Gasteiger partial charge in [-0.2, -0.15) is 0 Å². The van der Waals surface area contributed by atoms with Crippen molar-refractivity contribution >= 4 is 28.9 Å². The van der Waals surface area contributed by atoms with Gasteiger partial charge in [0, 0.05) is 29.1 Å². The van der Waals surface area contributed by atoms with Crippen molar-refractivity contribution in [3.05, 3.63) is 53.1 Å². The smallest absolute Gasteiger partial charge is 0.243 e. The minimum absolute atomic E-state index is 0.138. The third kappa shape index (κ3) is 5.38. The number of amides is 1. The van der Waals surface area contributed by atoms with Gasteiger partial charge in [-0.1, -0.05) is 23.7 Å². The maximum atomic E-state index is 12.2. The van der Waals surface area contributed by atoms with Gasteiger partial charge in [-0.25, -0.2) is 0 Å². The number of ether oxygens (including phenoxy) is 2. The molecule has 1 heterocycles. The van der Waals surface area contributed by atoms with Crippen molar-refractivity contribution in [2.75, 3.05) is 30.4 Å². The molecule has 1 unspecified atom stereocenters. The summed E-state index contributed by atoms with van der Waals surface area (Å²) in [5.41, 5.74) is 2.58. The molecule has 0 radical (unpaired) electrons. The van der Waals surface area contributed by atoms with Gasteiger partial charge in [-0.05, 0) is 49.6 Å². The van der Waals surface area contributed by atoms with Gasteiger partial charge in [0.05, 0.1) is 12.6 Å². The van der Waals surface area contributed by atoms with E-state index in [1.807, 2.05) is 49.4 Å². The van der Waals surface area contributed by atoms with Gasteiger partial charge < -0.3 is 20.1 Å². The van der Waals surface area contributed by atoms with Crippen LogP contribution in [0.2, 0.25) is 5.02 Å². The number of anilines is 2. The molecule has 2 aromatic rings. The Labute approximate surface area is 158 Å².